The number of H-pyrrole nitrogens is 1. The molecule has 1 aliphatic rings. The van der Waals surface area contributed by atoms with Gasteiger partial charge in [0.15, 0.2) is 0 Å². The van der Waals surface area contributed by atoms with Crippen LogP contribution in [0.5, 0.6) is 0 Å². The second kappa shape index (κ2) is 5.25. The third kappa shape index (κ3) is 2.54. The Bertz CT molecular complexity index is 630. The summed E-state index contributed by atoms with van der Waals surface area (Å²) >= 11 is 0. The zero-order valence-corrected chi connectivity index (χ0v) is 11.1. The average molecular weight is 276 g/mol. The lowest BCUT2D eigenvalue weighted by molar-refractivity contribution is -0.132. The van der Waals surface area contributed by atoms with Crippen LogP contribution in [0, 0.1) is 5.82 Å². The number of aromatic nitrogens is 1. The number of aliphatic hydroxyl groups is 1. The van der Waals surface area contributed by atoms with Gasteiger partial charge in [0.25, 0.3) is 0 Å². The Hall–Kier alpha value is -1.88. The van der Waals surface area contributed by atoms with E-state index in [-0.39, 0.29) is 17.8 Å². The lowest BCUT2D eigenvalue weighted by Gasteiger charge is -2.29. The fraction of sp³-hybridized carbons (Fsp3) is 0.400. The molecule has 0 aliphatic carbocycles. The van der Waals surface area contributed by atoms with Crippen LogP contribution >= 0.6 is 0 Å². The van der Waals surface area contributed by atoms with Crippen LogP contribution in [0.25, 0.3) is 10.9 Å². The second-order valence-corrected chi connectivity index (χ2v) is 5.29. The van der Waals surface area contributed by atoms with E-state index in [9.17, 15) is 14.3 Å². The van der Waals surface area contributed by atoms with Crippen LogP contribution in [0.15, 0.2) is 24.4 Å². The van der Waals surface area contributed by atoms with Crippen molar-refractivity contribution in [2.45, 2.75) is 25.4 Å². The van der Waals surface area contributed by atoms with Crippen molar-refractivity contribution in [2.75, 3.05) is 13.1 Å². The number of benzene rings is 1. The van der Waals surface area contributed by atoms with E-state index in [2.05, 4.69) is 4.98 Å². The molecule has 2 N–H and O–H groups in total. The summed E-state index contributed by atoms with van der Waals surface area (Å²) in [5, 5.41) is 10.3. The number of nitrogens with zero attached hydrogens (tertiary/aromatic N) is 1. The molecule has 0 unspecified atom stereocenters. The number of halogens is 1. The fourth-order valence-electron chi connectivity index (χ4n) is 2.69. The molecular formula is C15H17FN2O2. The molecule has 5 heteroatoms. The highest BCUT2D eigenvalue weighted by Crippen LogP contribution is 2.21. The Kier molecular flexibility index (Phi) is 3.44. The van der Waals surface area contributed by atoms with Crippen molar-refractivity contribution in [3.63, 3.8) is 0 Å². The van der Waals surface area contributed by atoms with Crippen LogP contribution in [0.3, 0.4) is 0 Å². The van der Waals surface area contributed by atoms with E-state index in [0.717, 1.165) is 10.9 Å². The smallest absolute Gasteiger partial charge is 0.227 e. The monoisotopic (exact) mass is 276 g/mol. The number of amides is 1. The normalized spacial score (nSPS) is 16.8. The summed E-state index contributed by atoms with van der Waals surface area (Å²) in [4.78, 5) is 17.0. The third-order valence-corrected chi connectivity index (χ3v) is 3.89. The van der Waals surface area contributed by atoms with E-state index < -0.39 is 0 Å². The molecule has 0 saturated carbocycles. The summed E-state index contributed by atoms with van der Waals surface area (Å²) in [5.41, 5.74) is 1.60. The van der Waals surface area contributed by atoms with Crippen molar-refractivity contribution >= 4 is 16.8 Å². The molecule has 106 valence electrons. The number of hydrogen-bond donors (Lipinski definition) is 2. The third-order valence-electron chi connectivity index (χ3n) is 3.89. The quantitative estimate of drug-likeness (QED) is 0.879. The Morgan fingerprint density at radius 2 is 2.15 bits per heavy atom. The molecule has 2 heterocycles. The van der Waals surface area contributed by atoms with Gasteiger partial charge in [-0.3, -0.25) is 4.79 Å². The van der Waals surface area contributed by atoms with Gasteiger partial charge in [-0.15, -0.1) is 0 Å². The summed E-state index contributed by atoms with van der Waals surface area (Å²) in [6, 6.07) is 4.53. The second-order valence-electron chi connectivity index (χ2n) is 5.29. The Morgan fingerprint density at radius 1 is 1.40 bits per heavy atom. The molecular weight excluding hydrogens is 259 g/mol. The van der Waals surface area contributed by atoms with Gasteiger partial charge in [-0.2, -0.15) is 0 Å². The van der Waals surface area contributed by atoms with Crippen LogP contribution in [-0.2, 0) is 11.2 Å². The summed E-state index contributed by atoms with van der Waals surface area (Å²) in [6.07, 6.45) is 3.08. The first-order valence-electron chi connectivity index (χ1n) is 6.85. The highest BCUT2D eigenvalue weighted by Gasteiger charge is 2.22. The Labute approximate surface area is 116 Å². The maximum Gasteiger partial charge on any atom is 0.227 e. The Morgan fingerprint density at radius 3 is 2.90 bits per heavy atom. The van der Waals surface area contributed by atoms with Gasteiger partial charge in [-0.05, 0) is 36.6 Å². The van der Waals surface area contributed by atoms with Crippen LogP contribution in [-0.4, -0.2) is 40.1 Å². The molecule has 3 rings (SSSR count). The van der Waals surface area contributed by atoms with Crippen LogP contribution < -0.4 is 0 Å². The predicted molar refractivity (Wildman–Crippen MR) is 73.8 cm³/mol. The zero-order valence-electron chi connectivity index (χ0n) is 11.1. The maximum absolute atomic E-state index is 13.1. The van der Waals surface area contributed by atoms with E-state index in [1.165, 1.54) is 12.1 Å². The number of aliphatic hydroxyl groups excluding tert-OH is 1. The number of rotatable bonds is 2. The largest absolute Gasteiger partial charge is 0.393 e. The number of carbonyl (C=O) groups is 1. The molecule has 0 atom stereocenters. The molecule has 1 amide bonds. The number of fused-ring (bicyclic) bond motifs is 1. The van der Waals surface area contributed by atoms with Gasteiger partial charge in [0.2, 0.25) is 5.91 Å². The van der Waals surface area contributed by atoms with Gasteiger partial charge in [0.05, 0.1) is 12.5 Å². The minimum Gasteiger partial charge on any atom is -0.393 e. The molecule has 0 spiro atoms. The maximum atomic E-state index is 13.1. The summed E-state index contributed by atoms with van der Waals surface area (Å²) < 4.78 is 13.1. The van der Waals surface area contributed by atoms with Gasteiger partial charge >= 0.3 is 0 Å². The number of carbonyl (C=O) groups excluding carboxylic acids is 1. The minimum atomic E-state index is -0.290. The van der Waals surface area contributed by atoms with Crippen LogP contribution in [0.4, 0.5) is 4.39 Å². The molecule has 2 aromatic rings. The van der Waals surface area contributed by atoms with Gasteiger partial charge in [0, 0.05) is 30.2 Å². The summed E-state index contributed by atoms with van der Waals surface area (Å²) in [6.45, 7) is 1.22. The topological polar surface area (TPSA) is 56.3 Å². The zero-order chi connectivity index (χ0) is 14.1. The first-order chi connectivity index (χ1) is 9.63. The highest BCUT2D eigenvalue weighted by molar-refractivity contribution is 5.89. The molecule has 1 saturated heterocycles. The number of piperidine rings is 1. The van der Waals surface area contributed by atoms with E-state index >= 15 is 0 Å². The highest BCUT2D eigenvalue weighted by atomic mass is 19.1. The predicted octanol–water partition coefficient (Wildman–Crippen LogP) is 1.83. The van der Waals surface area contributed by atoms with E-state index in [4.69, 9.17) is 0 Å². The molecule has 1 aromatic heterocycles. The van der Waals surface area contributed by atoms with E-state index in [1.54, 1.807) is 17.2 Å². The molecule has 0 radical (unpaired) electrons. The van der Waals surface area contributed by atoms with Gasteiger partial charge < -0.3 is 15.0 Å². The molecule has 1 fully saturated rings. The SMILES string of the molecule is O=C(Cc1c[nH]c2cc(F)ccc12)N1CCC(O)CC1. The summed E-state index contributed by atoms with van der Waals surface area (Å²) in [7, 11) is 0. The van der Waals surface area contributed by atoms with Crippen molar-refractivity contribution in [1.29, 1.82) is 0 Å². The number of likely N-dealkylation sites (tertiary alicyclic amines) is 1. The lowest BCUT2D eigenvalue weighted by Crippen LogP contribution is -2.40. The number of aromatic amines is 1. The van der Waals surface area contributed by atoms with E-state index in [1.807, 2.05) is 0 Å². The van der Waals surface area contributed by atoms with Gasteiger partial charge in [-0.25, -0.2) is 4.39 Å². The molecule has 0 bridgehead atoms. The summed E-state index contributed by atoms with van der Waals surface area (Å²) in [5.74, 6) is -0.232. The van der Waals surface area contributed by atoms with Gasteiger partial charge in [0.1, 0.15) is 5.82 Å². The molecule has 4 nitrogen and oxygen atoms in total. The van der Waals surface area contributed by atoms with Crippen molar-refractivity contribution in [3.05, 3.63) is 35.8 Å². The molecule has 1 aliphatic heterocycles. The first kappa shape index (κ1) is 13.1. The average Bonchev–Trinajstić information content (AvgIpc) is 2.81. The van der Waals surface area contributed by atoms with Crippen LogP contribution in [0.2, 0.25) is 0 Å². The van der Waals surface area contributed by atoms with Crippen molar-refractivity contribution < 1.29 is 14.3 Å². The van der Waals surface area contributed by atoms with Crippen molar-refractivity contribution in [2.24, 2.45) is 0 Å². The van der Waals surface area contributed by atoms with Gasteiger partial charge in [-0.1, -0.05) is 0 Å². The Balaban J connectivity index is 1.74. The fourth-order valence-corrected chi connectivity index (χ4v) is 2.69. The minimum absolute atomic E-state index is 0.0575. The lowest BCUT2D eigenvalue weighted by atomic mass is 10.1. The molecule has 20 heavy (non-hydrogen) atoms. The molecule has 1 aromatic carbocycles. The van der Waals surface area contributed by atoms with Crippen molar-refractivity contribution in [1.82, 2.24) is 9.88 Å². The number of hydrogen-bond acceptors (Lipinski definition) is 2. The van der Waals surface area contributed by atoms with E-state index in [0.29, 0.717) is 37.9 Å². The standard InChI is InChI=1S/C15H17FN2O2/c16-11-1-2-13-10(9-17-14(13)8-11)7-15(20)18-5-3-12(19)4-6-18/h1-2,8-9,12,17,19H,3-7H2. The van der Waals surface area contributed by atoms with Crippen molar-refractivity contribution in [3.8, 4) is 0 Å². The number of nitrogens with one attached hydrogen (secondary N) is 1. The first-order valence-corrected chi connectivity index (χ1v) is 6.85. The van der Waals surface area contributed by atoms with Crippen LogP contribution in [0.1, 0.15) is 18.4 Å².